The van der Waals surface area contributed by atoms with Crippen molar-refractivity contribution in [3.63, 3.8) is 0 Å². The average molecular weight is 822 g/mol. The number of aliphatic hydroxyl groups excluding tert-OH is 1. The number of rotatable bonds is 13. The Balaban J connectivity index is 1.13. The molecule has 6 aliphatic rings. The van der Waals surface area contributed by atoms with Crippen LogP contribution in [0.15, 0.2) is 35.4 Å². The Morgan fingerprint density at radius 1 is 0.948 bits per heavy atom. The number of Topliss-reactive ketones (excluding diaryl/α,β-unsaturated/α-hetero) is 1. The Morgan fingerprint density at radius 2 is 1.62 bits per heavy atom. The number of halogens is 1. The fourth-order valence-electron chi connectivity index (χ4n) is 14.4. The molecule has 7 rings (SSSR count). The van der Waals surface area contributed by atoms with E-state index < -0.39 is 28.9 Å². The van der Waals surface area contributed by atoms with Gasteiger partial charge in [-0.25, -0.2) is 0 Å². The Kier molecular flexibility index (Phi) is 12.2. The van der Waals surface area contributed by atoms with E-state index in [2.05, 4.69) is 63.5 Å². The summed E-state index contributed by atoms with van der Waals surface area (Å²) in [4.78, 5) is 44.2. The minimum absolute atomic E-state index is 0.0804. The third-order valence-corrected chi connectivity index (χ3v) is 17.6. The number of ether oxygens (including phenoxy) is 1. The summed E-state index contributed by atoms with van der Waals surface area (Å²) in [6.45, 7) is 22.6. The van der Waals surface area contributed by atoms with Crippen LogP contribution in [0.3, 0.4) is 0 Å². The molecule has 1 saturated heterocycles. The molecule has 9 unspecified atom stereocenters. The Hall–Kier alpha value is -2.26. The molecule has 322 valence electrons. The third kappa shape index (κ3) is 7.77. The van der Waals surface area contributed by atoms with E-state index in [1.807, 2.05) is 12.1 Å². The number of carboxylic acid groups (broad SMARTS) is 1. The number of nitrogens with zero attached hydrogens (tertiary/aromatic N) is 2. The van der Waals surface area contributed by atoms with Crippen LogP contribution in [0.2, 0.25) is 5.02 Å². The Morgan fingerprint density at radius 3 is 2.28 bits per heavy atom. The van der Waals surface area contributed by atoms with Gasteiger partial charge in [0.15, 0.2) is 5.78 Å². The van der Waals surface area contributed by atoms with Crippen LogP contribution in [-0.2, 0) is 25.7 Å². The van der Waals surface area contributed by atoms with Crippen molar-refractivity contribution < 1.29 is 29.3 Å². The summed E-state index contributed by atoms with van der Waals surface area (Å²) in [5.41, 5.74) is 1.80. The molecule has 5 fully saturated rings. The van der Waals surface area contributed by atoms with Gasteiger partial charge in [0.25, 0.3) is 0 Å². The lowest BCUT2D eigenvalue weighted by Gasteiger charge is -2.69. The number of hydrogen-bond acceptors (Lipinski definition) is 7. The molecule has 9 atom stereocenters. The number of carbonyl (C=O) groups is 3. The fraction of sp³-hybridized carbons (Fsp3) is 0.776. The highest BCUT2D eigenvalue weighted by molar-refractivity contribution is 6.30. The molecular formula is C49H73ClN2O6. The molecule has 9 heteroatoms. The molecule has 1 aromatic carbocycles. The third-order valence-electron chi connectivity index (χ3n) is 17.3. The molecule has 58 heavy (non-hydrogen) atoms. The van der Waals surface area contributed by atoms with Crippen LogP contribution in [0.4, 0.5) is 0 Å². The monoisotopic (exact) mass is 821 g/mol. The second-order valence-corrected chi connectivity index (χ2v) is 22.3. The standard InChI is InChI=1S/C49H73ClN2O6/c1-31(2)42-36(53)27-49(39(54)30-52(26-25-51-23-9-10-24-51)29-32-11-13-33(50)14-12-32)22-17-35-34(43(42)49)15-16-38-47(35,7)20-18-37-46(5,6)40(19-21-48(37,38)8)58-41(55)28-45(3,4)44(56)57/h11-14,31,34-35,37-40,54H,9-10,15-30H2,1-8H3,(H,56,57). The maximum absolute atomic E-state index is 14.3. The molecule has 0 spiro atoms. The molecule has 0 radical (unpaired) electrons. The minimum Gasteiger partial charge on any atom is -0.481 e. The number of esters is 1. The van der Waals surface area contributed by atoms with Gasteiger partial charge in [0.05, 0.1) is 17.9 Å². The van der Waals surface area contributed by atoms with Crippen LogP contribution in [0.1, 0.15) is 138 Å². The number of benzene rings is 1. The van der Waals surface area contributed by atoms with Crippen molar-refractivity contribution in [2.24, 2.45) is 56.7 Å². The SMILES string of the molecule is CC(C)C1=C2C3CCC4C(C)(CCC5C(C)(C)C(OC(=O)CC(C)(C)C(=O)O)CCC54C)C3CCC2(C(O)CN(CCN2CCCC2)Cc2ccc(Cl)cc2)CC1=O. The summed E-state index contributed by atoms with van der Waals surface area (Å²) in [5, 5.41) is 23.1. The zero-order valence-corrected chi connectivity index (χ0v) is 37.6. The summed E-state index contributed by atoms with van der Waals surface area (Å²) in [6, 6.07) is 8.10. The predicted octanol–water partition coefficient (Wildman–Crippen LogP) is 9.60. The molecule has 0 amide bonds. The quantitative estimate of drug-likeness (QED) is 0.190. The van der Waals surface area contributed by atoms with E-state index in [0.29, 0.717) is 36.6 Å². The summed E-state index contributed by atoms with van der Waals surface area (Å²) in [5.74, 6) is 0.623. The molecule has 1 aromatic rings. The highest BCUT2D eigenvalue weighted by Gasteiger charge is 2.67. The normalized spacial score (nSPS) is 35.4. The van der Waals surface area contributed by atoms with Crippen molar-refractivity contribution in [2.45, 2.75) is 151 Å². The zero-order chi connectivity index (χ0) is 42.0. The summed E-state index contributed by atoms with van der Waals surface area (Å²) in [6.07, 6.45) is 9.91. The van der Waals surface area contributed by atoms with Crippen molar-refractivity contribution in [1.29, 1.82) is 0 Å². The number of allylic oxidation sites excluding steroid dienone is 1. The number of aliphatic carboxylic acids is 1. The van der Waals surface area contributed by atoms with Gasteiger partial charge >= 0.3 is 11.9 Å². The van der Waals surface area contributed by atoms with Gasteiger partial charge in [0.2, 0.25) is 0 Å². The van der Waals surface area contributed by atoms with Gasteiger partial charge in [0, 0.05) is 48.5 Å². The number of hydrogen-bond donors (Lipinski definition) is 2. The molecule has 1 aliphatic heterocycles. The van der Waals surface area contributed by atoms with Gasteiger partial charge in [-0.05, 0) is 155 Å². The van der Waals surface area contributed by atoms with E-state index in [0.717, 1.165) is 94.7 Å². The summed E-state index contributed by atoms with van der Waals surface area (Å²) >= 11 is 6.28. The van der Waals surface area contributed by atoms with Crippen LogP contribution < -0.4 is 0 Å². The average Bonchev–Trinajstić information content (AvgIpc) is 3.78. The van der Waals surface area contributed by atoms with E-state index in [9.17, 15) is 24.6 Å². The molecule has 1 heterocycles. The number of carboxylic acids is 1. The van der Waals surface area contributed by atoms with E-state index in [-0.39, 0.29) is 40.5 Å². The molecule has 0 aromatic heterocycles. The first kappa shape index (κ1) is 43.8. The van der Waals surface area contributed by atoms with Crippen LogP contribution in [0.25, 0.3) is 0 Å². The molecule has 5 aliphatic carbocycles. The smallest absolute Gasteiger partial charge is 0.309 e. The summed E-state index contributed by atoms with van der Waals surface area (Å²) < 4.78 is 6.19. The molecule has 4 saturated carbocycles. The number of aliphatic hydroxyl groups is 1. The lowest BCUT2D eigenvalue weighted by atomic mass is 9.36. The van der Waals surface area contributed by atoms with E-state index in [1.165, 1.54) is 24.0 Å². The maximum atomic E-state index is 14.3. The van der Waals surface area contributed by atoms with Crippen LogP contribution in [0, 0.1) is 56.7 Å². The number of ketones is 1. The maximum Gasteiger partial charge on any atom is 0.309 e. The van der Waals surface area contributed by atoms with Gasteiger partial charge in [-0.1, -0.05) is 70.8 Å². The van der Waals surface area contributed by atoms with Crippen molar-refractivity contribution in [1.82, 2.24) is 9.80 Å². The van der Waals surface area contributed by atoms with Crippen molar-refractivity contribution in [3.8, 4) is 0 Å². The van der Waals surface area contributed by atoms with E-state index >= 15 is 0 Å². The highest BCUT2D eigenvalue weighted by Crippen LogP contribution is 2.73. The predicted molar refractivity (Wildman–Crippen MR) is 229 cm³/mol. The van der Waals surface area contributed by atoms with Gasteiger partial charge in [-0.2, -0.15) is 0 Å². The second-order valence-electron chi connectivity index (χ2n) is 21.9. The van der Waals surface area contributed by atoms with E-state index in [4.69, 9.17) is 16.3 Å². The largest absolute Gasteiger partial charge is 0.481 e. The summed E-state index contributed by atoms with van der Waals surface area (Å²) in [7, 11) is 0. The second kappa shape index (κ2) is 16.2. The van der Waals surface area contributed by atoms with Gasteiger partial charge in [-0.15, -0.1) is 0 Å². The van der Waals surface area contributed by atoms with Crippen molar-refractivity contribution >= 4 is 29.3 Å². The first-order valence-electron chi connectivity index (χ1n) is 22.8. The van der Waals surface area contributed by atoms with Crippen molar-refractivity contribution in [3.05, 3.63) is 46.0 Å². The number of carbonyl (C=O) groups excluding carboxylic acids is 2. The van der Waals surface area contributed by atoms with Crippen molar-refractivity contribution in [2.75, 3.05) is 32.7 Å². The number of likely N-dealkylation sites (tertiary alicyclic amines) is 1. The van der Waals surface area contributed by atoms with Crippen LogP contribution >= 0.6 is 11.6 Å². The lowest BCUT2D eigenvalue weighted by Crippen LogP contribution is -2.63. The first-order valence-corrected chi connectivity index (χ1v) is 23.2. The van der Waals surface area contributed by atoms with E-state index in [1.54, 1.807) is 13.8 Å². The van der Waals surface area contributed by atoms with Gasteiger partial charge < -0.3 is 19.8 Å². The van der Waals surface area contributed by atoms with Gasteiger partial charge in [0.1, 0.15) is 6.10 Å². The molecule has 8 nitrogen and oxygen atoms in total. The number of fused-ring (bicyclic) bond motifs is 7. The molecular weight excluding hydrogens is 748 g/mol. The fourth-order valence-corrected chi connectivity index (χ4v) is 14.5. The minimum atomic E-state index is -1.16. The van der Waals surface area contributed by atoms with Crippen LogP contribution in [0.5, 0.6) is 0 Å². The zero-order valence-electron chi connectivity index (χ0n) is 36.9. The Bertz CT molecular complexity index is 1750. The van der Waals surface area contributed by atoms with Crippen LogP contribution in [-0.4, -0.2) is 82.7 Å². The highest BCUT2D eigenvalue weighted by atomic mass is 35.5. The molecule has 2 N–H and O–H groups in total. The molecule has 0 bridgehead atoms. The lowest BCUT2D eigenvalue weighted by molar-refractivity contribution is -0.214. The first-order chi connectivity index (χ1) is 27.2. The topological polar surface area (TPSA) is 107 Å². The van der Waals surface area contributed by atoms with Gasteiger partial charge in [-0.3, -0.25) is 19.3 Å². The Labute approximate surface area is 353 Å².